The van der Waals surface area contributed by atoms with Gasteiger partial charge in [0, 0.05) is 38.5 Å². The van der Waals surface area contributed by atoms with Gasteiger partial charge in [-0.2, -0.15) is 0 Å². The second kappa shape index (κ2) is 18.4. The lowest BCUT2D eigenvalue weighted by atomic mass is 9.67. The average Bonchev–Trinajstić information content (AvgIpc) is 2.57. The number of hydrogen-bond donors (Lipinski definition) is 0. The van der Waals surface area contributed by atoms with E-state index in [9.17, 15) is 0 Å². The van der Waals surface area contributed by atoms with Crippen molar-refractivity contribution in [2.45, 2.75) is 10.8 Å². The van der Waals surface area contributed by atoms with Gasteiger partial charge in [0.2, 0.25) is 0 Å². The van der Waals surface area contributed by atoms with Gasteiger partial charge in [0.25, 0.3) is 0 Å². The Morgan fingerprint density at radius 2 is 0.747 bits per heavy atom. The SMILES string of the molecule is c1ccc(-c2ccc(N(c3ccc4c(c3)C(c3ccccc3)(c3ccccc3)c3ccccc3-4)c3cccc4c3oc3c(-c5cccc6c5-c5ccccc5C6(c5ccccc5)c5ccccc5)c5c(cc34)oc3ccccc35)cc2)cc1. The molecule has 0 atom stereocenters. The Morgan fingerprint density at radius 3 is 1.41 bits per heavy atom. The van der Waals surface area contributed by atoms with Gasteiger partial charge in [0.05, 0.1) is 16.5 Å². The zero-order chi connectivity index (χ0) is 54.6. The van der Waals surface area contributed by atoms with Crippen molar-refractivity contribution in [1.82, 2.24) is 0 Å². The molecule has 0 amide bonds. The fourth-order valence-corrected chi connectivity index (χ4v) is 14.7. The molecule has 0 radical (unpaired) electrons. The van der Waals surface area contributed by atoms with Crippen molar-refractivity contribution >= 4 is 60.9 Å². The van der Waals surface area contributed by atoms with Crippen LogP contribution >= 0.6 is 0 Å². The van der Waals surface area contributed by atoms with Crippen LogP contribution in [0, 0.1) is 0 Å². The summed E-state index contributed by atoms with van der Waals surface area (Å²) < 4.78 is 14.8. The van der Waals surface area contributed by atoms with Crippen LogP contribution in [0.15, 0.2) is 318 Å². The highest BCUT2D eigenvalue weighted by atomic mass is 16.3. The number of fused-ring (bicyclic) bond motifs is 12. The molecule has 13 aromatic carbocycles. The number of para-hydroxylation sites is 2. The van der Waals surface area contributed by atoms with Crippen LogP contribution in [-0.2, 0) is 10.8 Å². The van der Waals surface area contributed by atoms with Crippen LogP contribution in [-0.4, -0.2) is 0 Å². The van der Waals surface area contributed by atoms with E-state index < -0.39 is 10.8 Å². The number of furan rings is 2. The fraction of sp³-hybridized carbons (Fsp3) is 0.0250. The molecule has 2 heterocycles. The van der Waals surface area contributed by atoms with Crippen LogP contribution in [0.5, 0.6) is 0 Å². The molecule has 17 rings (SSSR count). The second-order valence-corrected chi connectivity index (χ2v) is 22.1. The lowest BCUT2D eigenvalue weighted by Gasteiger charge is -2.35. The zero-order valence-electron chi connectivity index (χ0n) is 45.2. The molecular formula is C80H51NO2. The van der Waals surface area contributed by atoms with Crippen molar-refractivity contribution in [2.24, 2.45) is 0 Å². The first-order chi connectivity index (χ1) is 41.2. The molecule has 0 saturated heterocycles. The minimum Gasteiger partial charge on any atom is -0.456 e. The van der Waals surface area contributed by atoms with E-state index in [0.717, 1.165) is 77.6 Å². The number of hydrogen-bond acceptors (Lipinski definition) is 3. The number of nitrogens with zero attached hydrogens (tertiary/aromatic N) is 1. The predicted molar refractivity (Wildman–Crippen MR) is 341 cm³/mol. The van der Waals surface area contributed by atoms with Gasteiger partial charge in [-0.3, -0.25) is 0 Å². The van der Waals surface area contributed by atoms with Crippen LogP contribution in [0.3, 0.4) is 0 Å². The van der Waals surface area contributed by atoms with E-state index in [2.05, 4.69) is 314 Å². The van der Waals surface area contributed by atoms with Gasteiger partial charge in [-0.25, -0.2) is 0 Å². The van der Waals surface area contributed by atoms with E-state index in [1.807, 2.05) is 0 Å². The number of anilines is 3. The van der Waals surface area contributed by atoms with Gasteiger partial charge in [-0.1, -0.05) is 267 Å². The van der Waals surface area contributed by atoms with Crippen molar-refractivity contribution < 1.29 is 8.83 Å². The van der Waals surface area contributed by atoms with Gasteiger partial charge in [0.1, 0.15) is 16.7 Å². The summed E-state index contributed by atoms with van der Waals surface area (Å²) in [4.78, 5) is 2.41. The molecule has 0 aliphatic heterocycles. The van der Waals surface area contributed by atoms with E-state index in [4.69, 9.17) is 8.83 Å². The largest absolute Gasteiger partial charge is 0.456 e. The van der Waals surface area contributed by atoms with Gasteiger partial charge in [-0.15, -0.1) is 0 Å². The van der Waals surface area contributed by atoms with E-state index in [1.54, 1.807) is 0 Å². The molecule has 0 bridgehead atoms. The molecule has 2 aliphatic rings. The lowest BCUT2D eigenvalue weighted by Crippen LogP contribution is -2.28. The Kier molecular flexibility index (Phi) is 10.4. The maximum absolute atomic E-state index is 7.82. The minimum absolute atomic E-state index is 0.594. The molecule has 2 aliphatic carbocycles. The second-order valence-electron chi connectivity index (χ2n) is 22.1. The van der Waals surface area contributed by atoms with E-state index in [1.165, 1.54) is 72.3 Å². The van der Waals surface area contributed by atoms with Crippen molar-refractivity contribution in [3.8, 4) is 44.5 Å². The summed E-state index contributed by atoms with van der Waals surface area (Å²) in [6.45, 7) is 0. The first-order valence-corrected chi connectivity index (χ1v) is 28.6. The normalized spacial score (nSPS) is 13.5. The highest BCUT2D eigenvalue weighted by Gasteiger charge is 2.48. The molecule has 2 aromatic heterocycles. The van der Waals surface area contributed by atoms with Crippen LogP contribution in [0.1, 0.15) is 44.5 Å². The summed E-state index contributed by atoms with van der Waals surface area (Å²) in [7, 11) is 0. The van der Waals surface area contributed by atoms with Gasteiger partial charge < -0.3 is 13.7 Å². The van der Waals surface area contributed by atoms with Crippen LogP contribution in [0.2, 0.25) is 0 Å². The smallest absolute Gasteiger partial charge is 0.159 e. The van der Waals surface area contributed by atoms with Crippen molar-refractivity contribution in [3.63, 3.8) is 0 Å². The summed E-state index contributed by atoms with van der Waals surface area (Å²) in [5.41, 5.74) is 24.1. The highest BCUT2D eigenvalue weighted by Crippen LogP contribution is 2.61. The van der Waals surface area contributed by atoms with Crippen molar-refractivity contribution in [2.75, 3.05) is 4.90 Å². The first kappa shape index (κ1) is 47.1. The van der Waals surface area contributed by atoms with E-state index >= 15 is 0 Å². The van der Waals surface area contributed by atoms with Crippen LogP contribution in [0.25, 0.3) is 88.4 Å². The molecule has 0 spiro atoms. The molecule has 0 unspecified atom stereocenters. The third-order valence-corrected chi connectivity index (χ3v) is 18.0. The summed E-state index contributed by atoms with van der Waals surface area (Å²) in [6.07, 6.45) is 0. The molecule has 0 N–H and O–H groups in total. The molecule has 3 heteroatoms. The molecule has 3 nitrogen and oxygen atoms in total. The van der Waals surface area contributed by atoms with Crippen LogP contribution < -0.4 is 4.90 Å². The lowest BCUT2D eigenvalue weighted by molar-refractivity contribution is 0.665. The molecule has 0 saturated carbocycles. The standard InChI is InChI=1S/C80H51NO2/c1-6-24-52(25-7-1)53-44-46-58(47-45-53)81(59-48-49-61-60-34-16-19-39-67(60)80(70(61)50-59,56-30-12-4-13-31-56)57-32-14-5-15-33-57)71-42-23-37-62-66-51-73-75(64-36-18-21-43-72(64)82-73)76(78(66)83-77(62)71)65-38-22-41-69-74(65)63-35-17-20-40-68(63)79(69,54-26-8-2-9-27-54)55-28-10-3-11-29-55/h1-51H. The summed E-state index contributed by atoms with van der Waals surface area (Å²) in [5.74, 6) is 0. The maximum atomic E-state index is 7.82. The summed E-state index contributed by atoms with van der Waals surface area (Å²) in [5, 5.41) is 4.06. The first-order valence-electron chi connectivity index (χ1n) is 28.6. The maximum Gasteiger partial charge on any atom is 0.159 e. The van der Waals surface area contributed by atoms with Gasteiger partial charge >= 0.3 is 0 Å². The third-order valence-electron chi connectivity index (χ3n) is 18.0. The Morgan fingerprint density at radius 1 is 0.265 bits per heavy atom. The summed E-state index contributed by atoms with van der Waals surface area (Å²) in [6, 6.07) is 113. The zero-order valence-corrected chi connectivity index (χ0v) is 45.2. The molecule has 83 heavy (non-hydrogen) atoms. The third kappa shape index (κ3) is 6.74. The summed E-state index contributed by atoms with van der Waals surface area (Å²) >= 11 is 0. The van der Waals surface area contributed by atoms with Gasteiger partial charge in [-0.05, 0) is 126 Å². The molecule has 388 valence electrons. The van der Waals surface area contributed by atoms with E-state index in [-0.39, 0.29) is 0 Å². The Hall–Kier alpha value is -10.7. The molecule has 0 fully saturated rings. The van der Waals surface area contributed by atoms with Gasteiger partial charge in [0.15, 0.2) is 5.58 Å². The van der Waals surface area contributed by atoms with Crippen molar-refractivity contribution in [3.05, 3.63) is 354 Å². The van der Waals surface area contributed by atoms with E-state index in [0.29, 0.717) is 0 Å². The minimum atomic E-state index is -0.600. The Bertz CT molecular complexity index is 4920. The fourth-order valence-electron chi connectivity index (χ4n) is 14.7. The highest BCUT2D eigenvalue weighted by molar-refractivity contribution is 6.26. The molecule has 15 aromatic rings. The Balaban J connectivity index is 0.953. The monoisotopic (exact) mass is 1060 g/mol. The Labute approximate surface area is 481 Å². The van der Waals surface area contributed by atoms with Crippen molar-refractivity contribution in [1.29, 1.82) is 0 Å². The average molecular weight is 1060 g/mol. The molecular weight excluding hydrogens is 1010 g/mol. The quantitative estimate of drug-likeness (QED) is 0.144. The topological polar surface area (TPSA) is 29.5 Å². The van der Waals surface area contributed by atoms with Crippen LogP contribution in [0.4, 0.5) is 17.1 Å². The number of rotatable bonds is 9. The predicted octanol–water partition coefficient (Wildman–Crippen LogP) is 21.0. The number of benzene rings is 13.